The van der Waals surface area contributed by atoms with Gasteiger partial charge in [-0.15, -0.1) is 0 Å². The van der Waals surface area contributed by atoms with E-state index in [9.17, 15) is 14.4 Å². The Kier molecular flexibility index (Phi) is 11.0. The zero-order valence-corrected chi connectivity index (χ0v) is 23.1. The lowest BCUT2D eigenvalue weighted by Crippen LogP contribution is -2.51. The van der Waals surface area contributed by atoms with Gasteiger partial charge < -0.3 is 25.0 Å². The van der Waals surface area contributed by atoms with E-state index in [1.165, 1.54) is 0 Å². The number of nitrogens with one attached hydrogen (secondary N) is 2. The number of carbonyl (C=O) groups is 3. The van der Waals surface area contributed by atoms with Crippen molar-refractivity contribution in [3.05, 3.63) is 59.7 Å². The molecule has 2 N–H and O–H groups in total. The quantitative estimate of drug-likeness (QED) is 0.382. The van der Waals surface area contributed by atoms with Crippen LogP contribution in [0.4, 0.5) is 10.5 Å². The van der Waals surface area contributed by atoms with Gasteiger partial charge in [-0.2, -0.15) is 0 Å². The standard InChI is InChI=1S/C29H41N3O5/c1-8-9-10-19-32(27(34)21(3)30-28(35)37-29(4,5)6)25(22-13-11-20(2)12-14-22)26(33)31-23-15-17-24(36-7)18-16-23/h11-18,21,25H,8-10,19H2,1-7H3,(H,30,35)(H,31,33). The molecule has 0 aliphatic carbocycles. The molecule has 3 amide bonds. The Hall–Kier alpha value is -3.55. The number of hydrogen-bond donors (Lipinski definition) is 2. The number of unbranched alkanes of at least 4 members (excludes halogenated alkanes) is 2. The Morgan fingerprint density at radius 3 is 2.14 bits per heavy atom. The Bertz CT molecular complexity index is 1030. The number of benzene rings is 2. The summed E-state index contributed by atoms with van der Waals surface area (Å²) < 4.78 is 10.5. The first-order valence-electron chi connectivity index (χ1n) is 12.8. The van der Waals surface area contributed by atoms with Gasteiger partial charge in [0.1, 0.15) is 23.4 Å². The average molecular weight is 512 g/mol. The first-order chi connectivity index (χ1) is 17.4. The average Bonchev–Trinajstić information content (AvgIpc) is 2.83. The molecule has 2 rings (SSSR count). The molecule has 8 nitrogen and oxygen atoms in total. The lowest BCUT2D eigenvalue weighted by atomic mass is 10.0. The van der Waals surface area contributed by atoms with E-state index in [1.807, 2.05) is 31.2 Å². The van der Waals surface area contributed by atoms with Crippen LogP contribution in [0.1, 0.15) is 71.0 Å². The molecule has 0 spiro atoms. The molecule has 2 aromatic rings. The predicted molar refractivity (Wildman–Crippen MR) is 146 cm³/mol. The maximum absolute atomic E-state index is 13.7. The maximum atomic E-state index is 13.7. The van der Waals surface area contributed by atoms with E-state index < -0.39 is 23.8 Å². The number of alkyl carbamates (subject to hydrolysis) is 1. The van der Waals surface area contributed by atoms with Crippen LogP contribution >= 0.6 is 0 Å². The third kappa shape index (κ3) is 9.44. The summed E-state index contributed by atoms with van der Waals surface area (Å²) in [6.45, 7) is 11.3. The smallest absolute Gasteiger partial charge is 0.408 e. The molecule has 0 aliphatic heterocycles. The topological polar surface area (TPSA) is 97.0 Å². The highest BCUT2D eigenvalue weighted by atomic mass is 16.6. The molecule has 0 saturated carbocycles. The second-order valence-corrected chi connectivity index (χ2v) is 10.1. The van der Waals surface area contributed by atoms with Gasteiger partial charge in [0, 0.05) is 12.2 Å². The van der Waals surface area contributed by atoms with Crippen LogP contribution in [0, 0.1) is 6.92 Å². The fraction of sp³-hybridized carbons (Fsp3) is 0.483. The number of rotatable bonds is 11. The van der Waals surface area contributed by atoms with E-state index in [-0.39, 0.29) is 11.8 Å². The van der Waals surface area contributed by atoms with Crippen LogP contribution in [-0.2, 0) is 14.3 Å². The van der Waals surface area contributed by atoms with E-state index in [4.69, 9.17) is 9.47 Å². The SMILES string of the molecule is CCCCCN(C(=O)C(C)NC(=O)OC(C)(C)C)C(C(=O)Nc1ccc(OC)cc1)c1ccc(C)cc1. The third-order valence-electron chi connectivity index (χ3n) is 5.70. The molecule has 0 aliphatic rings. The number of nitrogens with zero attached hydrogens (tertiary/aromatic N) is 1. The number of methoxy groups -OCH3 is 1. The summed E-state index contributed by atoms with van der Waals surface area (Å²) in [5.41, 5.74) is 1.62. The second kappa shape index (κ2) is 13.7. The summed E-state index contributed by atoms with van der Waals surface area (Å²) in [6.07, 6.45) is 1.90. The normalized spacial score (nSPS) is 12.7. The van der Waals surface area contributed by atoms with Gasteiger partial charge in [0.25, 0.3) is 5.91 Å². The summed E-state index contributed by atoms with van der Waals surface area (Å²) in [7, 11) is 1.58. The van der Waals surface area contributed by atoms with Crippen molar-refractivity contribution in [1.82, 2.24) is 10.2 Å². The van der Waals surface area contributed by atoms with Gasteiger partial charge >= 0.3 is 6.09 Å². The lowest BCUT2D eigenvalue weighted by molar-refractivity contribution is -0.140. The van der Waals surface area contributed by atoms with Crippen molar-refractivity contribution in [2.45, 2.75) is 78.5 Å². The molecule has 0 radical (unpaired) electrons. The van der Waals surface area contributed by atoms with Crippen LogP contribution in [0.25, 0.3) is 0 Å². The molecule has 0 heterocycles. The minimum absolute atomic E-state index is 0.344. The molecule has 2 aromatic carbocycles. The van der Waals surface area contributed by atoms with Crippen LogP contribution < -0.4 is 15.4 Å². The van der Waals surface area contributed by atoms with Gasteiger partial charge in [0.05, 0.1) is 7.11 Å². The number of hydrogen-bond acceptors (Lipinski definition) is 5. The number of anilines is 1. The molecular weight excluding hydrogens is 470 g/mol. The number of amides is 3. The van der Waals surface area contributed by atoms with Crippen molar-refractivity contribution < 1.29 is 23.9 Å². The van der Waals surface area contributed by atoms with E-state index in [0.717, 1.165) is 24.8 Å². The van der Waals surface area contributed by atoms with Crippen LogP contribution in [0.15, 0.2) is 48.5 Å². The fourth-order valence-electron chi connectivity index (χ4n) is 3.80. The highest BCUT2D eigenvalue weighted by molar-refractivity contribution is 5.99. The highest BCUT2D eigenvalue weighted by Gasteiger charge is 2.34. The first-order valence-corrected chi connectivity index (χ1v) is 12.8. The van der Waals surface area contributed by atoms with Crippen LogP contribution in [0.3, 0.4) is 0 Å². The zero-order valence-electron chi connectivity index (χ0n) is 23.1. The Morgan fingerprint density at radius 2 is 1.59 bits per heavy atom. The number of carbonyl (C=O) groups excluding carboxylic acids is 3. The van der Waals surface area contributed by atoms with Crippen molar-refractivity contribution in [2.75, 3.05) is 19.0 Å². The Balaban J connectivity index is 2.40. The van der Waals surface area contributed by atoms with Gasteiger partial charge in [-0.3, -0.25) is 9.59 Å². The minimum atomic E-state index is -0.894. The summed E-state index contributed by atoms with van der Waals surface area (Å²) in [5.74, 6) is -0.0350. The molecule has 0 bridgehead atoms. The van der Waals surface area contributed by atoms with Gasteiger partial charge in [-0.1, -0.05) is 49.6 Å². The van der Waals surface area contributed by atoms with Gasteiger partial charge in [0.2, 0.25) is 5.91 Å². The summed E-state index contributed by atoms with van der Waals surface area (Å²) in [6, 6.07) is 12.8. The monoisotopic (exact) mass is 511 g/mol. The molecule has 0 saturated heterocycles. The van der Waals surface area contributed by atoms with Gasteiger partial charge in [-0.05, 0) is 70.9 Å². The summed E-state index contributed by atoms with van der Waals surface area (Å²) in [4.78, 5) is 41.4. The first kappa shape index (κ1) is 29.7. The molecule has 37 heavy (non-hydrogen) atoms. The number of ether oxygens (including phenoxy) is 2. The molecule has 2 atom stereocenters. The maximum Gasteiger partial charge on any atom is 0.408 e. The van der Waals surface area contributed by atoms with Crippen molar-refractivity contribution >= 4 is 23.6 Å². The molecule has 0 aromatic heterocycles. The van der Waals surface area contributed by atoms with E-state index in [1.54, 1.807) is 64.0 Å². The Morgan fingerprint density at radius 1 is 0.973 bits per heavy atom. The molecule has 2 unspecified atom stereocenters. The van der Waals surface area contributed by atoms with Crippen molar-refractivity contribution in [3.8, 4) is 5.75 Å². The number of aryl methyl sites for hydroxylation is 1. The highest BCUT2D eigenvalue weighted by Crippen LogP contribution is 2.26. The summed E-state index contributed by atoms with van der Waals surface area (Å²) in [5, 5.41) is 5.57. The summed E-state index contributed by atoms with van der Waals surface area (Å²) >= 11 is 0. The molecule has 202 valence electrons. The van der Waals surface area contributed by atoms with Crippen LogP contribution in [0.5, 0.6) is 5.75 Å². The van der Waals surface area contributed by atoms with Crippen molar-refractivity contribution in [3.63, 3.8) is 0 Å². The van der Waals surface area contributed by atoms with E-state index >= 15 is 0 Å². The molecule has 8 heteroatoms. The largest absolute Gasteiger partial charge is 0.497 e. The van der Waals surface area contributed by atoms with Crippen LogP contribution in [0.2, 0.25) is 0 Å². The van der Waals surface area contributed by atoms with Gasteiger partial charge in [0.15, 0.2) is 0 Å². The zero-order chi connectivity index (χ0) is 27.6. The molecular formula is C29H41N3O5. The minimum Gasteiger partial charge on any atom is -0.497 e. The molecule has 0 fully saturated rings. The van der Waals surface area contributed by atoms with Gasteiger partial charge in [-0.25, -0.2) is 4.79 Å². The fourth-order valence-corrected chi connectivity index (χ4v) is 3.80. The van der Waals surface area contributed by atoms with Crippen molar-refractivity contribution in [1.29, 1.82) is 0 Å². The third-order valence-corrected chi connectivity index (χ3v) is 5.70. The second-order valence-electron chi connectivity index (χ2n) is 10.1. The Labute approximate surface area is 220 Å². The van der Waals surface area contributed by atoms with E-state index in [2.05, 4.69) is 17.6 Å². The predicted octanol–water partition coefficient (Wildman–Crippen LogP) is 5.62. The van der Waals surface area contributed by atoms with Crippen LogP contribution in [-0.4, -0.2) is 48.1 Å². The lowest BCUT2D eigenvalue weighted by Gasteiger charge is -2.34. The van der Waals surface area contributed by atoms with Crippen molar-refractivity contribution in [2.24, 2.45) is 0 Å². The van der Waals surface area contributed by atoms with E-state index in [0.29, 0.717) is 23.5 Å².